The lowest BCUT2D eigenvalue weighted by Gasteiger charge is -2.18. The van der Waals surface area contributed by atoms with Gasteiger partial charge in [0.15, 0.2) is 6.20 Å². The largest absolute Gasteiger partial charge is 0.212 e. The summed E-state index contributed by atoms with van der Waals surface area (Å²) in [5.41, 5.74) is 2.85. The van der Waals surface area contributed by atoms with Crippen molar-refractivity contribution in [1.29, 1.82) is 0 Å². The van der Waals surface area contributed by atoms with Crippen molar-refractivity contribution in [3.8, 4) is 22.4 Å². The fourth-order valence-corrected chi connectivity index (χ4v) is 3.27. The molecule has 0 fully saturated rings. The lowest BCUT2D eigenvalue weighted by Crippen LogP contribution is -2.31. The van der Waals surface area contributed by atoms with Crippen LogP contribution in [0.5, 0.6) is 0 Å². The lowest BCUT2D eigenvalue weighted by molar-refractivity contribution is -0.660. The van der Waals surface area contributed by atoms with E-state index in [1.54, 1.807) is 48.7 Å². The topological polar surface area (TPSA) is 3.88 Å². The second kappa shape index (κ2) is 7.31. The Labute approximate surface area is 175 Å². The van der Waals surface area contributed by atoms with Gasteiger partial charge in [0.25, 0.3) is 0 Å². The van der Waals surface area contributed by atoms with E-state index in [4.69, 9.17) is 11.0 Å². The highest BCUT2D eigenvalue weighted by Gasteiger charge is 2.19. The zero-order valence-electron chi connectivity index (χ0n) is 24.6. The third kappa shape index (κ3) is 4.30. The second-order valence-electron chi connectivity index (χ2n) is 8.04. The van der Waals surface area contributed by atoms with E-state index in [0.29, 0.717) is 33.5 Å². The fourth-order valence-electron chi connectivity index (χ4n) is 3.27. The molecule has 0 aliphatic heterocycles. The zero-order chi connectivity index (χ0) is 26.6. The molecule has 0 amide bonds. The molecule has 1 aromatic heterocycles. The van der Waals surface area contributed by atoms with Crippen LogP contribution in [0.4, 0.5) is 0 Å². The molecule has 2 aromatic carbocycles. The van der Waals surface area contributed by atoms with Crippen LogP contribution in [0, 0.1) is 26.0 Å². The number of rotatable bonds is 3. The van der Waals surface area contributed by atoms with Gasteiger partial charge in [-0.2, -0.15) is 0 Å². The number of hydrogen-bond acceptors (Lipinski definition) is 0. The van der Waals surface area contributed by atoms with E-state index >= 15 is 0 Å². The molecule has 1 heteroatoms. The van der Waals surface area contributed by atoms with Crippen molar-refractivity contribution in [2.75, 3.05) is 0 Å². The zero-order valence-corrected chi connectivity index (χ0v) is 16.6. The summed E-state index contributed by atoms with van der Waals surface area (Å²) < 4.78 is 67.6. The number of aryl methyl sites for hydroxylation is 4. The summed E-state index contributed by atoms with van der Waals surface area (Å²) in [6, 6.07) is 13.4. The lowest BCUT2D eigenvalue weighted by atomic mass is 9.87. The summed E-state index contributed by atoms with van der Waals surface area (Å²) in [5, 5.41) is 0. The van der Waals surface area contributed by atoms with Gasteiger partial charge in [-0.05, 0) is 71.9 Å². The molecule has 0 atom stereocenters. The predicted octanol–water partition coefficient (Wildman–Crippen LogP) is 6.36. The minimum absolute atomic E-state index is 0.0827. The summed E-state index contributed by atoms with van der Waals surface area (Å²) in [4.78, 5) is 0. The van der Waals surface area contributed by atoms with Crippen LogP contribution in [0.3, 0.4) is 0 Å². The molecule has 1 heterocycles. The van der Waals surface area contributed by atoms with E-state index in [0.717, 1.165) is 0 Å². The molecule has 3 aromatic rings. The van der Waals surface area contributed by atoms with Gasteiger partial charge in [0.1, 0.15) is 7.05 Å². The predicted molar refractivity (Wildman–Crippen MR) is 116 cm³/mol. The van der Waals surface area contributed by atoms with E-state index < -0.39 is 25.5 Å². The van der Waals surface area contributed by atoms with Gasteiger partial charge in [-0.25, -0.2) is 4.57 Å². The molecule has 1 nitrogen and oxygen atoms in total. The molecule has 0 unspecified atom stereocenters. The van der Waals surface area contributed by atoms with Gasteiger partial charge in [-0.1, -0.05) is 51.1 Å². The van der Waals surface area contributed by atoms with Crippen LogP contribution < -0.4 is 4.57 Å². The van der Waals surface area contributed by atoms with Crippen LogP contribution in [0.15, 0.2) is 54.7 Å². The van der Waals surface area contributed by atoms with E-state index in [9.17, 15) is 0 Å². The maximum atomic E-state index is 8.71. The summed E-state index contributed by atoms with van der Waals surface area (Å²) >= 11 is 0. The van der Waals surface area contributed by atoms with E-state index in [-0.39, 0.29) is 11.1 Å². The quantitative estimate of drug-likeness (QED) is 0.475. The van der Waals surface area contributed by atoms with Crippen molar-refractivity contribution in [3.63, 3.8) is 0 Å². The maximum absolute atomic E-state index is 8.71. The first-order valence-corrected chi connectivity index (χ1v) is 9.11. The molecule has 0 aliphatic carbocycles. The minimum atomic E-state index is -2.45. The third-order valence-corrected chi connectivity index (χ3v) is 4.53. The van der Waals surface area contributed by atoms with Crippen molar-refractivity contribution in [3.05, 3.63) is 77.0 Å². The molecule has 3 rings (SSSR count). The van der Waals surface area contributed by atoms with Crippen LogP contribution in [-0.2, 0) is 13.4 Å². The Bertz CT molecular complexity index is 1250. The highest BCUT2D eigenvalue weighted by atomic mass is 14.9. The van der Waals surface area contributed by atoms with E-state index in [1.165, 1.54) is 6.07 Å². The van der Waals surface area contributed by atoms with Crippen LogP contribution in [0.2, 0.25) is 0 Å². The van der Waals surface area contributed by atoms with Crippen molar-refractivity contribution < 1.29 is 15.5 Å². The number of nitrogens with zero attached hydrogens (tertiary/aromatic N) is 1. The van der Waals surface area contributed by atoms with Crippen LogP contribution >= 0.6 is 0 Å². The molecule has 0 N–H and O–H groups in total. The number of hydrogen-bond donors (Lipinski definition) is 0. The fraction of sp³-hybridized carbons (Fsp3) is 0.346. The average molecular weight is 367 g/mol. The first kappa shape index (κ1) is 11.4. The molecule has 0 radical (unpaired) electrons. The molecular weight excluding hydrogens is 326 g/mol. The van der Waals surface area contributed by atoms with Gasteiger partial charge < -0.3 is 0 Å². The molecular formula is C26H32N+. The molecule has 0 saturated heterocycles. The van der Waals surface area contributed by atoms with Crippen molar-refractivity contribution >= 4 is 0 Å². The average Bonchev–Trinajstić information content (AvgIpc) is 2.72. The molecule has 140 valence electrons. The summed E-state index contributed by atoms with van der Waals surface area (Å²) in [5.74, 6) is 0. The van der Waals surface area contributed by atoms with Gasteiger partial charge in [0.2, 0.25) is 5.69 Å². The molecule has 0 saturated carbocycles. The van der Waals surface area contributed by atoms with E-state index in [2.05, 4.69) is 0 Å². The standard InChI is InChI=1S/C26H32N/c1-18-10-8-9-11-22(18)23-16-24(20(3)14-19(23)2)25-15-21(12-13-27(25)7)17-26(4,5)6/h8-16H,17H2,1-7H3/q+1/i1D3,2D3,17D2. The first-order valence-electron chi connectivity index (χ1n) is 13.1. The number of aromatic nitrogens is 1. The Kier molecular flexibility index (Phi) is 3.10. The third-order valence-electron chi connectivity index (χ3n) is 4.53. The van der Waals surface area contributed by atoms with E-state index in [1.807, 2.05) is 39.3 Å². The highest BCUT2D eigenvalue weighted by molar-refractivity contribution is 5.77. The van der Waals surface area contributed by atoms with Crippen molar-refractivity contribution in [2.24, 2.45) is 12.5 Å². The van der Waals surface area contributed by atoms with Gasteiger partial charge in [-0.3, -0.25) is 0 Å². The molecule has 0 aliphatic rings. The van der Waals surface area contributed by atoms with Crippen LogP contribution in [-0.4, -0.2) is 0 Å². The van der Waals surface area contributed by atoms with Crippen LogP contribution in [0.25, 0.3) is 22.4 Å². The van der Waals surface area contributed by atoms with Gasteiger partial charge in [0, 0.05) is 28.7 Å². The summed E-state index contributed by atoms with van der Waals surface area (Å²) in [7, 11) is 1.85. The van der Waals surface area contributed by atoms with Gasteiger partial charge in [0.05, 0.1) is 0 Å². The molecule has 0 spiro atoms. The van der Waals surface area contributed by atoms with Crippen molar-refractivity contribution in [1.82, 2.24) is 0 Å². The Morgan fingerprint density at radius 1 is 0.889 bits per heavy atom. The van der Waals surface area contributed by atoms with Gasteiger partial charge >= 0.3 is 0 Å². The normalized spacial score (nSPS) is 17.5. The van der Waals surface area contributed by atoms with Crippen LogP contribution in [0.1, 0.15) is 54.0 Å². The SMILES string of the molecule is [2H]C([2H])([2H])c1ccccc1-c1cc(-c2cc(C([2H])([2H])C(C)(C)C)cc[n+]2C)c(C)cc1C([2H])([2H])[2H]. The summed E-state index contributed by atoms with van der Waals surface area (Å²) in [6.07, 6.45) is 0.181. The maximum Gasteiger partial charge on any atom is 0.212 e. The smallest absolute Gasteiger partial charge is 0.201 e. The highest BCUT2D eigenvalue weighted by Crippen LogP contribution is 2.33. The first-order chi connectivity index (χ1) is 15.9. The Morgan fingerprint density at radius 3 is 2.33 bits per heavy atom. The van der Waals surface area contributed by atoms with Gasteiger partial charge in [-0.15, -0.1) is 0 Å². The molecule has 0 bridgehead atoms. The second-order valence-corrected chi connectivity index (χ2v) is 8.04. The summed E-state index contributed by atoms with van der Waals surface area (Å²) in [6.45, 7) is 2.49. The van der Waals surface area contributed by atoms with Crippen molar-refractivity contribution in [2.45, 2.75) is 47.8 Å². The Hall–Kier alpha value is -2.41. The number of benzene rings is 2. The number of pyridine rings is 1. The Balaban J connectivity index is 2.37. The monoisotopic (exact) mass is 366 g/mol. The Morgan fingerprint density at radius 2 is 1.63 bits per heavy atom. The minimum Gasteiger partial charge on any atom is -0.201 e. The molecule has 27 heavy (non-hydrogen) atoms.